The summed E-state index contributed by atoms with van der Waals surface area (Å²) in [4.78, 5) is 2.37. The van der Waals surface area contributed by atoms with Crippen molar-refractivity contribution in [2.24, 2.45) is 0 Å². The SMILES string of the molecule is CC(NCC1(N(C)C)CCCCC1)C(C)(C)O. The summed E-state index contributed by atoms with van der Waals surface area (Å²) in [6.45, 7) is 6.78. The molecule has 0 aromatic carbocycles. The van der Waals surface area contributed by atoms with E-state index in [1.54, 1.807) is 0 Å². The minimum atomic E-state index is -0.651. The Hall–Kier alpha value is -0.120. The van der Waals surface area contributed by atoms with E-state index in [4.69, 9.17) is 0 Å². The Morgan fingerprint density at radius 1 is 1.24 bits per heavy atom. The molecule has 1 saturated carbocycles. The Morgan fingerprint density at radius 3 is 2.18 bits per heavy atom. The lowest BCUT2D eigenvalue weighted by atomic mass is 9.80. The highest BCUT2D eigenvalue weighted by Gasteiger charge is 2.35. The van der Waals surface area contributed by atoms with E-state index in [1.807, 2.05) is 13.8 Å². The van der Waals surface area contributed by atoms with E-state index in [9.17, 15) is 5.11 Å². The van der Waals surface area contributed by atoms with Crippen LogP contribution in [0.3, 0.4) is 0 Å². The molecule has 102 valence electrons. The molecule has 1 rings (SSSR count). The number of hydrogen-bond acceptors (Lipinski definition) is 3. The van der Waals surface area contributed by atoms with Crippen LogP contribution in [0.4, 0.5) is 0 Å². The van der Waals surface area contributed by atoms with Crippen LogP contribution in [0.15, 0.2) is 0 Å². The summed E-state index contributed by atoms with van der Waals surface area (Å²) in [7, 11) is 4.36. The molecular weight excluding hydrogens is 212 g/mol. The first kappa shape index (κ1) is 14.9. The number of nitrogens with zero attached hydrogens (tertiary/aromatic N) is 1. The van der Waals surface area contributed by atoms with Crippen LogP contribution in [0.25, 0.3) is 0 Å². The Balaban J connectivity index is 2.56. The third kappa shape index (κ3) is 3.94. The van der Waals surface area contributed by atoms with Gasteiger partial charge in [-0.2, -0.15) is 0 Å². The van der Waals surface area contributed by atoms with Crippen LogP contribution < -0.4 is 5.32 Å². The van der Waals surface area contributed by atoms with E-state index in [0.717, 1.165) is 6.54 Å². The van der Waals surface area contributed by atoms with Gasteiger partial charge in [0.05, 0.1) is 5.60 Å². The van der Waals surface area contributed by atoms with Crippen LogP contribution in [0.2, 0.25) is 0 Å². The van der Waals surface area contributed by atoms with Crippen LogP contribution >= 0.6 is 0 Å². The molecule has 1 unspecified atom stereocenters. The van der Waals surface area contributed by atoms with Gasteiger partial charge in [-0.15, -0.1) is 0 Å². The van der Waals surface area contributed by atoms with Crippen molar-refractivity contribution in [3.63, 3.8) is 0 Å². The van der Waals surface area contributed by atoms with E-state index in [-0.39, 0.29) is 11.6 Å². The van der Waals surface area contributed by atoms with Gasteiger partial charge >= 0.3 is 0 Å². The summed E-state index contributed by atoms with van der Waals surface area (Å²) < 4.78 is 0. The van der Waals surface area contributed by atoms with Crippen molar-refractivity contribution in [3.05, 3.63) is 0 Å². The fourth-order valence-corrected chi connectivity index (χ4v) is 2.58. The average molecular weight is 242 g/mol. The zero-order valence-corrected chi connectivity index (χ0v) is 12.2. The Kier molecular flexibility index (Phi) is 4.99. The third-order valence-electron chi connectivity index (χ3n) is 4.53. The third-order valence-corrected chi connectivity index (χ3v) is 4.53. The zero-order valence-electron chi connectivity index (χ0n) is 12.2. The maximum atomic E-state index is 9.96. The number of nitrogens with one attached hydrogen (secondary N) is 1. The van der Waals surface area contributed by atoms with Crippen LogP contribution in [0.5, 0.6) is 0 Å². The van der Waals surface area contributed by atoms with Crippen molar-refractivity contribution < 1.29 is 5.11 Å². The monoisotopic (exact) mass is 242 g/mol. The van der Waals surface area contributed by atoms with Crippen molar-refractivity contribution in [3.8, 4) is 0 Å². The summed E-state index contributed by atoms with van der Waals surface area (Å²) in [5.41, 5.74) is -0.361. The Bertz CT molecular complexity index is 227. The normalized spacial score (nSPS) is 22.8. The lowest BCUT2D eigenvalue weighted by Crippen LogP contribution is -2.57. The van der Waals surface area contributed by atoms with E-state index in [2.05, 4.69) is 31.2 Å². The highest BCUT2D eigenvalue weighted by molar-refractivity contribution is 4.94. The summed E-state index contributed by atoms with van der Waals surface area (Å²) in [6.07, 6.45) is 6.57. The van der Waals surface area contributed by atoms with E-state index < -0.39 is 5.60 Å². The molecule has 2 N–H and O–H groups in total. The summed E-state index contributed by atoms with van der Waals surface area (Å²) in [6, 6.07) is 0.126. The Labute approximate surface area is 107 Å². The molecule has 0 aromatic rings. The topological polar surface area (TPSA) is 35.5 Å². The first-order chi connectivity index (χ1) is 7.78. The van der Waals surface area contributed by atoms with Gasteiger partial charge in [0.2, 0.25) is 0 Å². The lowest BCUT2D eigenvalue weighted by molar-refractivity contribution is 0.0302. The van der Waals surface area contributed by atoms with Crippen molar-refractivity contribution >= 4 is 0 Å². The van der Waals surface area contributed by atoms with E-state index >= 15 is 0 Å². The second-order valence-corrected chi connectivity index (χ2v) is 6.44. The number of hydrogen-bond donors (Lipinski definition) is 2. The van der Waals surface area contributed by atoms with Gasteiger partial charge in [0.25, 0.3) is 0 Å². The fraction of sp³-hybridized carbons (Fsp3) is 1.00. The molecule has 0 heterocycles. The van der Waals surface area contributed by atoms with Gasteiger partial charge in [-0.05, 0) is 47.7 Å². The molecule has 1 atom stereocenters. The van der Waals surface area contributed by atoms with E-state index in [1.165, 1.54) is 32.1 Å². The highest BCUT2D eigenvalue weighted by Crippen LogP contribution is 2.31. The van der Waals surface area contributed by atoms with Gasteiger partial charge in [0.1, 0.15) is 0 Å². The highest BCUT2D eigenvalue weighted by atomic mass is 16.3. The van der Waals surface area contributed by atoms with Crippen molar-refractivity contribution in [2.75, 3.05) is 20.6 Å². The molecule has 17 heavy (non-hydrogen) atoms. The standard InChI is InChI=1S/C14H30N2O/c1-12(13(2,3)17)15-11-14(16(4)5)9-7-6-8-10-14/h12,15,17H,6-11H2,1-5H3. The van der Waals surface area contributed by atoms with Crippen molar-refractivity contribution in [2.45, 2.75) is 70.1 Å². The molecule has 0 amide bonds. The molecule has 0 bridgehead atoms. The molecular formula is C14H30N2O. The minimum absolute atomic E-state index is 0.126. The first-order valence-electron chi connectivity index (χ1n) is 6.91. The molecule has 0 spiro atoms. The van der Waals surface area contributed by atoms with Crippen LogP contribution in [-0.4, -0.2) is 47.8 Å². The van der Waals surface area contributed by atoms with Crippen molar-refractivity contribution in [1.82, 2.24) is 10.2 Å². The molecule has 0 saturated heterocycles. The van der Waals surface area contributed by atoms with Gasteiger partial charge in [0.15, 0.2) is 0 Å². The molecule has 3 nitrogen and oxygen atoms in total. The van der Waals surface area contributed by atoms with Crippen LogP contribution in [0.1, 0.15) is 52.9 Å². The minimum Gasteiger partial charge on any atom is -0.389 e. The van der Waals surface area contributed by atoms with Gasteiger partial charge in [0, 0.05) is 18.1 Å². The fourth-order valence-electron chi connectivity index (χ4n) is 2.58. The number of likely N-dealkylation sites (N-methyl/N-ethyl adjacent to an activating group) is 1. The molecule has 0 aromatic heterocycles. The van der Waals surface area contributed by atoms with Crippen LogP contribution in [0, 0.1) is 0 Å². The summed E-state index contributed by atoms with van der Waals surface area (Å²) in [5, 5.41) is 13.5. The smallest absolute Gasteiger partial charge is 0.0741 e. The van der Waals surface area contributed by atoms with Gasteiger partial charge in [-0.3, -0.25) is 0 Å². The van der Waals surface area contributed by atoms with Gasteiger partial charge < -0.3 is 15.3 Å². The maximum Gasteiger partial charge on any atom is 0.0741 e. The van der Waals surface area contributed by atoms with Gasteiger partial charge in [-0.1, -0.05) is 19.3 Å². The predicted octanol–water partition coefficient (Wildman–Crippen LogP) is 2.00. The number of aliphatic hydroxyl groups is 1. The summed E-state index contributed by atoms with van der Waals surface area (Å²) in [5.74, 6) is 0. The molecule has 1 fully saturated rings. The molecule has 1 aliphatic carbocycles. The second-order valence-electron chi connectivity index (χ2n) is 6.44. The average Bonchev–Trinajstić information content (AvgIpc) is 2.25. The largest absolute Gasteiger partial charge is 0.389 e. The molecule has 0 radical (unpaired) electrons. The second kappa shape index (κ2) is 5.68. The van der Waals surface area contributed by atoms with E-state index in [0.29, 0.717) is 0 Å². The predicted molar refractivity (Wildman–Crippen MR) is 73.3 cm³/mol. The first-order valence-corrected chi connectivity index (χ1v) is 6.91. The van der Waals surface area contributed by atoms with Gasteiger partial charge in [-0.25, -0.2) is 0 Å². The maximum absolute atomic E-state index is 9.96. The number of rotatable bonds is 5. The van der Waals surface area contributed by atoms with Crippen molar-refractivity contribution in [1.29, 1.82) is 0 Å². The molecule has 1 aliphatic rings. The summed E-state index contributed by atoms with van der Waals surface area (Å²) >= 11 is 0. The quantitative estimate of drug-likeness (QED) is 0.774. The van der Waals surface area contributed by atoms with Crippen LogP contribution in [-0.2, 0) is 0 Å². The molecule has 3 heteroatoms. The zero-order chi connectivity index (χ0) is 13.1. The molecule has 0 aliphatic heterocycles. The Morgan fingerprint density at radius 2 is 1.76 bits per heavy atom. The lowest BCUT2D eigenvalue weighted by Gasteiger charge is -2.44.